The van der Waals surface area contributed by atoms with E-state index in [1.54, 1.807) is 0 Å². The number of amides is 2. The highest BCUT2D eigenvalue weighted by atomic mass is 16.2. The molecule has 0 bridgehead atoms. The minimum Gasteiger partial charge on any atom is -0.338 e. The molecule has 0 saturated carbocycles. The lowest BCUT2D eigenvalue weighted by Crippen LogP contribution is -2.35. The standard InChI is InChI=1S/C20H28N2O/c1-14(2)12-17(15(3)4)13-21-20(23)22-19-11-7-9-16-8-5-6-10-18(16)19/h5-11,14-15,17H,12-13H2,1-4H3,(H2,21,22,23). The van der Waals surface area contributed by atoms with Crippen LogP contribution in [0.4, 0.5) is 10.5 Å². The highest BCUT2D eigenvalue weighted by molar-refractivity contribution is 6.01. The van der Waals surface area contributed by atoms with Gasteiger partial charge in [0.1, 0.15) is 0 Å². The molecular formula is C20H28N2O. The number of carbonyl (C=O) groups is 1. The van der Waals surface area contributed by atoms with Crippen molar-refractivity contribution in [3.05, 3.63) is 42.5 Å². The van der Waals surface area contributed by atoms with Crippen molar-refractivity contribution in [1.82, 2.24) is 5.32 Å². The van der Waals surface area contributed by atoms with Gasteiger partial charge in [0.15, 0.2) is 0 Å². The van der Waals surface area contributed by atoms with E-state index in [0.29, 0.717) is 24.3 Å². The summed E-state index contributed by atoms with van der Waals surface area (Å²) in [4.78, 5) is 12.2. The number of carbonyl (C=O) groups excluding carboxylic acids is 1. The summed E-state index contributed by atoms with van der Waals surface area (Å²) < 4.78 is 0. The first-order valence-corrected chi connectivity index (χ1v) is 8.50. The normalized spacial score (nSPS) is 12.6. The van der Waals surface area contributed by atoms with Gasteiger partial charge in [-0.05, 0) is 35.6 Å². The zero-order valence-corrected chi connectivity index (χ0v) is 14.6. The molecule has 124 valence electrons. The maximum atomic E-state index is 12.2. The van der Waals surface area contributed by atoms with Crippen LogP contribution in [0.1, 0.15) is 34.1 Å². The van der Waals surface area contributed by atoms with E-state index in [1.807, 2.05) is 30.3 Å². The molecule has 0 aliphatic carbocycles. The maximum absolute atomic E-state index is 12.2. The van der Waals surface area contributed by atoms with Crippen LogP contribution in [0.25, 0.3) is 10.8 Å². The summed E-state index contributed by atoms with van der Waals surface area (Å²) in [7, 11) is 0. The number of rotatable bonds is 6. The van der Waals surface area contributed by atoms with Crippen molar-refractivity contribution in [2.24, 2.45) is 17.8 Å². The van der Waals surface area contributed by atoms with Gasteiger partial charge in [-0.15, -0.1) is 0 Å². The lowest BCUT2D eigenvalue weighted by Gasteiger charge is -2.23. The first kappa shape index (κ1) is 17.3. The third-order valence-electron chi connectivity index (χ3n) is 4.28. The lowest BCUT2D eigenvalue weighted by molar-refractivity contribution is 0.244. The first-order valence-electron chi connectivity index (χ1n) is 8.50. The van der Waals surface area contributed by atoms with Crippen molar-refractivity contribution >= 4 is 22.5 Å². The molecule has 0 radical (unpaired) electrons. The van der Waals surface area contributed by atoms with E-state index < -0.39 is 0 Å². The Bertz CT molecular complexity index is 644. The van der Waals surface area contributed by atoms with Crippen LogP contribution < -0.4 is 10.6 Å². The monoisotopic (exact) mass is 312 g/mol. The minimum atomic E-state index is -0.129. The van der Waals surface area contributed by atoms with E-state index in [0.717, 1.165) is 22.9 Å². The quantitative estimate of drug-likeness (QED) is 0.748. The number of hydrogen-bond acceptors (Lipinski definition) is 1. The molecule has 0 aliphatic heterocycles. The molecule has 2 aromatic rings. The molecule has 23 heavy (non-hydrogen) atoms. The molecule has 0 spiro atoms. The predicted octanol–water partition coefficient (Wildman–Crippen LogP) is 5.28. The molecule has 0 heterocycles. The molecule has 0 saturated heterocycles. The largest absolute Gasteiger partial charge is 0.338 e. The molecule has 0 aromatic heterocycles. The second-order valence-electron chi connectivity index (χ2n) is 7.00. The van der Waals surface area contributed by atoms with E-state index in [9.17, 15) is 4.79 Å². The first-order chi connectivity index (χ1) is 11.0. The molecule has 2 rings (SSSR count). The Labute approximate surface area is 139 Å². The number of benzene rings is 2. The summed E-state index contributed by atoms with van der Waals surface area (Å²) in [5.74, 6) is 1.72. The summed E-state index contributed by atoms with van der Waals surface area (Å²) in [6.07, 6.45) is 1.13. The summed E-state index contributed by atoms with van der Waals surface area (Å²) >= 11 is 0. The number of hydrogen-bond donors (Lipinski definition) is 2. The van der Waals surface area contributed by atoms with Crippen molar-refractivity contribution < 1.29 is 4.79 Å². The van der Waals surface area contributed by atoms with Gasteiger partial charge < -0.3 is 10.6 Å². The molecule has 1 atom stereocenters. The van der Waals surface area contributed by atoms with Crippen LogP contribution in [0.15, 0.2) is 42.5 Å². The topological polar surface area (TPSA) is 41.1 Å². The van der Waals surface area contributed by atoms with Gasteiger partial charge >= 0.3 is 6.03 Å². The Morgan fingerprint density at radius 3 is 2.39 bits per heavy atom. The minimum absolute atomic E-state index is 0.129. The van der Waals surface area contributed by atoms with Gasteiger partial charge in [-0.3, -0.25) is 0 Å². The number of nitrogens with one attached hydrogen (secondary N) is 2. The molecule has 3 nitrogen and oxygen atoms in total. The number of urea groups is 1. The van der Waals surface area contributed by atoms with Crippen LogP contribution >= 0.6 is 0 Å². The summed E-state index contributed by atoms with van der Waals surface area (Å²) in [5, 5.41) is 8.21. The predicted molar refractivity (Wildman–Crippen MR) is 98.8 cm³/mol. The van der Waals surface area contributed by atoms with Gasteiger partial charge in [0, 0.05) is 11.9 Å². The highest BCUT2D eigenvalue weighted by Gasteiger charge is 2.16. The maximum Gasteiger partial charge on any atom is 0.319 e. The van der Waals surface area contributed by atoms with Crippen molar-refractivity contribution in [3.63, 3.8) is 0 Å². The molecular weight excluding hydrogens is 284 g/mol. The fourth-order valence-electron chi connectivity index (χ4n) is 2.92. The lowest BCUT2D eigenvalue weighted by atomic mass is 9.87. The molecule has 2 N–H and O–H groups in total. The third kappa shape index (κ3) is 4.98. The highest BCUT2D eigenvalue weighted by Crippen LogP contribution is 2.23. The SMILES string of the molecule is CC(C)CC(CNC(=O)Nc1cccc2ccccc12)C(C)C. The molecule has 2 amide bonds. The van der Waals surface area contributed by atoms with Gasteiger partial charge in [-0.2, -0.15) is 0 Å². The van der Waals surface area contributed by atoms with Crippen LogP contribution in [0.3, 0.4) is 0 Å². The Balaban J connectivity index is 1.98. The van der Waals surface area contributed by atoms with E-state index in [-0.39, 0.29) is 6.03 Å². The van der Waals surface area contributed by atoms with E-state index >= 15 is 0 Å². The van der Waals surface area contributed by atoms with Gasteiger partial charge in [-0.25, -0.2) is 4.79 Å². The van der Waals surface area contributed by atoms with Gasteiger partial charge in [0.2, 0.25) is 0 Å². The second kappa shape index (κ2) is 8.00. The van der Waals surface area contributed by atoms with Gasteiger partial charge in [0.25, 0.3) is 0 Å². The average Bonchev–Trinajstić information content (AvgIpc) is 2.51. The van der Waals surface area contributed by atoms with E-state index in [4.69, 9.17) is 0 Å². The second-order valence-corrected chi connectivity index (χ2v) is 7.00. The van der Waals surface area contributed by atoms with Gasteiger partial charge in [-0.1, -0.05) is 64.1 Å². The van der Waals surface area contributed by atoms with Gasteiger partial charge in [0.05, 0.1) is 5.69 Å². The van der Waals surface area contributed by atoms with Crippen LogP contribution in [-0.2, 0) is 0 Å². The average molecular weight is 312 g/mol. The fourth-order valence-corrected chi connectivity index (χ4v) is 2.92. The molecule has 0 aliphatic rings. The zero-order chi connectivity index (χ0) is 16.8. The number of fused-ring (bicyclic) bond motifs is 1. The van der Waals surface area contributed by atoms with Crippen molar-refractivity contribution in [2.75, 3.05) is 11.9 Å². The summed E-state index contributed by atoms with van der Waals surface area (Å²) in [6.45, 7) is 9.61. The third-order valence-corrected chi connectivity index (χ3v) is 4.28. The molecule has 3 heteroatoms. The zero-order valence-electron chi connectivity index (χ0n) is 14.6. The molecule has 2 aromatic carbocycles. The van der Waals surface area contributed by atoms with Crippen molar-refractivity contribution in [3.8, 4) is 0 Å². The van der Waals surface area contributed by atoms with Crippen LogP contribution in [0.2, 0.25) is 0 Å². The Morgan fingerprint density at radius 2 is 1.70 bits per heavy atom. The Morgan fingerprint density at radius 1 is 1.00 bits per heavy atom. The smallest absolute Gasteiger partial charge is 0.319 e. The fraction of sp³-hybridized carbons (Fsp3) is 0.450. The number of anilines is 1. The van der Waals surface area contributed by atoms with Crippen molar-refractivity contribution in [1.29, 1.82) is 0 Å². The Kier molecular flexibility index (Phi) is 6.03. The summed E-state index contributed by atoms with van der Waals surface area (Å²) in [6, 6.07) is 13.9. The van der Waals surface area contributed by atoms with Crippen LogP contribution in [0.5, 0.6) is 0 Å². The molecule has 1 unspecified atom stereocenters. The summed E-state index contributed by atoms with van der Waals surface area (Å²) in [5.41, 5.74) is 0.852. The molecule has 0 fully saturated rings. The van der Waals surface area contributed by atoms with Crippen LogP contribution in [-0.4, -0.2) is 12.6 Å². The van der Waals surface area contributed by atoms with Crippen molar-refractivity contribution in [2.45, 2.75) is 34.1 Å². The van der Waals surface area contributed by atoms with E-state index in [1.165, 1.54) is 0 Å². The van der Waals surface area contributed by atoms with Crippen LogP contribution in [0, 0.1) is 17.8 Å². The Hall–Kier alpha value is -2.03. The van der Waals surface area contributed by atoms with E-state index in [2.05, 4.69) is 50.5 Å².